The molecule has 528 valence electrons. The third kappa shape index (κ3) is 20.9. The molecule has 0 radical (unpaired) electrons. The second kappa shape index (κ2) is 35.7. The van der Waals surface area contributed by atoms with E-state index in [4.69, 9.17) is 6.42 Å². The van der Waals surface area contributed by atoms with E-state index in [0.29, 0.717) is 49.1 Å². The lowest BCUT2D eigenvalue weighted by atomic mass is 9.83. The minimum Gasteiger partial charge on any atom is -0.343 e. The molecule has 94 heavy (non-hydrogen) atoms. The normalized spacial score (nSPS) is 30.3. The fraction of sp³-hybridized carbons (Fsp3) is 0.794. The molecule has 0 bridgehead atoms. The molecule has 3 aliphatic heterocycles. The molecule has 4 N–H and O–H groups in total. The van der Waals surface area contributed by atoms with Crippen molar-refractivity contribution in [3.63, 3.8) is 0 Å². The number of hydrogen-bond acceptors (Lipinski definition) is 12. The maximum Gasteiger partial charge on any atom is 0.246 e. The molecular weight excluding hydrogens is 1320 g/mol. The Morgan fingerprint density at radius 1 is 0.617 bits per heavy atom. The molecule has 2 aliphatic carbocycles. The van der Waals surface area contributed by atoms with E-state index in [2.05, 4.69) is 49.8 Å². The number of likely N-dealkylation sites (N-methyl/N-ethyl adjacent to an activating group) is 6. The molecule has 11 atom stereocenters. The van der Waals surface area contributed by atoms with Crippen molar-refractivity contribution >= 4 is 93.5 Å². The first-order valence-corrected chi connectivity index (χ1v) is 35.5. The Labute approximate surface area is 571 Å². The van der Waals surface area contributed by atoms with Crippen molar-refractivity contribution in [1.82, 2.24) is 60.5 Å². The molecule has 12 amide bonds. The van der Waals surface area contributed by atoms with Crippen LogP contribution >= 0.6 is 22.6 Å². The molecule has 24 nitrogen and oxygen atoms in total. The predicted molar refractivity (Wildman–Crippen MR) is 362 cm³/mol. The van der Waals surface area contributed by atoms with Crippen molar-refractivity contribution in [2.24, 2.45) is 29.6 Å². The first-order chi connectivity index (χ1) is 44.1. The van der Waals surface area contributed by atoms with Crippen LogP contribution in [0.2, 0.25) is 0 Å². The topological polar surface area (TPSA) is 279 Å². The van der Waals surface area contributed by atoms with Crippen LogP contribution < -0.4 is 21.3 Å². The van der Waals surface area contributed by atoms with E-state index in [1.54, 1.807) is 11.8 Å². The number of piperidine rings is 1. The lowest BCUT2D eigenvalue weighted by molar-refractivity contribution is -0.158. The highest BCUT2D eigenvalue weighted by atomic mass is 127. The van der Waals surface area contributed by atoms with Gasteiger partial charge in [-0.15, -0.1) is 12.3 Å². The Bertz CT molecular complexity index is 2750. The highest BCUT2D eigenvalue weighted by Crippen LogP contribution is 2.34. The number of nitrogens with zero attached hydrogens (tertiary/aromatic N) is 8. The second-order valence-electron chi connectivity index (χ2n) is 28.7. The van der Waals surface area contributed by atoms with Crippen molar-refractivity contribution in [2.75, 3.05) is 75.0 Å². The average Bonchev–Trinajstić information content (AvgIpc) is 0.800. The fourth-order valence-electron chi connectivity index (χ4n) is 13.5. The van der Waals surface area contributed by atoms with Crippen LogP contribution in [0.5, 0.6) is 0 Å². The molecule has 0 aromatic rings. The van der Waals surface area contributed by atoms with Gasteiger partial charge >= 0.3 is 0 Å². The van der Waals surface area contributed by atoms with Crippen LogP contribution in [0.25, 0.3) is 0 Å². The van der Waals surface area contributed by atoms with Crippen molar-refractivity contribution in [1.29, 1.82) is 0 Å². The Morgan fingerprint density at radius 2 is 1.24 bits per heavy atom. The van der Waals surface area contributed by atoms with Crippen molar-refractivity contribution in [3.8, 4) is 12.3 Å². The van der Waals surface area contributed by atoms with Gasteiger partial charge in [0.25, 0.3) is 0 Å². The zero-order valence-electron chi connectivity index (χ0n) is 58.4. The van der Waals surface area contributed by atoms with E-state index in [1.807, 2.05) is 34.6 Å². The lowest BCUT2D eigenvalue weighted by Gasteiger charge is -2.44. The van der Waals surface area contributed by atoms with Crippen LogP contribution in [0.1, 0.15) is 177 Å². The van der Waals surface area contributed by atoms with Gasteiger partial charge in [-0.1, -0.05) is 83.4 Å². The molecule has 5 rings (SSSR count). The molecule has 5 aliphatic rings. The van der Waals surface area contributed by atoms with E-state index in [0.717, 1.165) is 37.0 Å². The minimum absolute atomic E-state index is 0.0155. The number of rotatable bonds is 12. The summed E-state index contributed by atoms with van der Waals surface area (Å²) in [5, 5.41) is 11.4. The SMILES string of the molecule is C#CC[C@@H]1NC(=O)[C@H](CC2CCCC(I)C2)NC(=O)CN(C)C(=O)[C@H](CC2CCC(F)CC2)N(C)C(=O)[C@@H]2CCN2C(=O)CN(C)C(=O)[C@H]([C@@H](C)CC)NC(=O)[C@H](CC(C)C)N(C)C(=O)C[C@@H](C(=O)N2CCCCC2)N(C)C(=O)[C@H](CC(C)C)NC(=O)C(C)(C)N(C)C1=O. The highest BCUT2D eigenvalue weighted by molar-refractivity contribution is 14.1. The lowest BCUT2D eigenvalue weighted by Crippen LogP contribution is -2.64. The third-order valence-corrected chi connectivity index (χ3v) is 21.4. The Morgan fingerprint density at radius 3 is 1.82 bits per heavy atom. The largest absolute Gasteiger partial charge is 0.343 e. The molecule has 3 heterocycles. The van der Waals surface area contributed by atoms with E-state index in [9.17, 15) is 57.1 Å². The summed E-state index contributed by atoms with van der Waals surface area (Å²) >= 11 is 2.37. The molecule has 0 aromatic heterocycles. The van der Waals surface area contributed by atoms with Gasteiger partial charge in [0.1, 0.15) is 60.0 Å². The number of hydrogen-bond donors (Lipinski definition) is 4. The molecule has 2 saturated carbocycles. The maximum atomic E-state index is 15.1. The molecule has 2 unspecified atom stereocenters. The van der Waals surface area contributed by atoms with E-state index >= 15 is 4.79 Å². The molecule has 3 saturated heterocycles. The van der Waals surface area contributed by atoms with E-state index < -0.39 is 156 Å². The van der Waals surface area contributed by atoms with Crippen LogP contribution in [0, 0.1) is 41.9 Å². The highest BCUT2D eigenvalue weighted by Gasteiger charge is 2.47. The van der Waals surface area contributed by atoms with Crippen molar-refractivity contribution < 1.29 is 61.9 Å². The Hall–Kier alpha value is -6.14. The van der Waals surface area contributed by atoms with Gasteiger partial charge in [-0.2, -0.15) is 0 Å². The van der Waals surface area contributed by atoms with Crippen LogP contribution in [-0.2, 0) is 57.5 Å². The minimum atomic E-state index is -1.73. The van der Waals surface area contributed by atoms with Gasteiger partial charge in [0.05, 0.1) is 19.5 Å². The number of alkyl halides is 2. The molecule has 5 fully saturated rings. The summed E-state index contributed by atoms with van der Waals surface area (Å²) in [5.41, 5.74) is -1.73. The van der Waals surface area contributed by atoms with Crippen LogP contribution in [-0.4, -0.2) is 249 Å². The summed E-state index contributed by atoms with van der Waals surface area (Å²) in [6.45, 7) is 13.8. The second-order valence-corrected chi connectivity index (χ2v) is 30.5. The number of likely N-dealkylation sites (tertiary alicyclic amines) is 1. The smallest absolute Gasteiger partial charge is 0.246 e. The maximum absolute atomic E-state index is 15.1. The first kappa shape index (κ1) is 78.6. The number of terminal acetylenes is 1. The Balaban J connectivity index is 1.59. The van der Waals surface area contributed by atoms with E-state index in [-0.39, 0.29) is 81.6 Å². The third-order valence-electron chi connectivity index (χ3n) is 20.2. The van der Waals surface area contributed by atoms with Crippen LogP contribution in [0.3, 0.4) is 0 Å². The van der Waals surface area contributed by atoms with Gasteiger partial charge in [0.2, 0.25) is 70.9 Å². The quantitative estimate of drug-likeness (QED) is 0.122. The Kier molecular flexibility index (Phi) is 29.9. The summed E-state index contributed by atoms with van der Waals surface area (Å²) in [4.78, 5) is 187. The molecule has 0 spiro atoms. The van der Waals surface area contributed by atoms with Crippen molar-refractivity contribution in [3.05, 3.63) is 0 Å². The predicted octanol–water partition coefficient (Wildman–Crippen LogP) is 4.04. The number of amides is 12. The van der Waals surface area contributed by atoms with Gasteiger partial charge in [-0.05, 0) is 133 Å². The zero-order valence-corrected chi connectivity index (χ0v) is 60.6. The number of halogens is 2. The standard InChI is InChI=1S/C68H110FIN12O12/c1-16-22-48-62(89)80(15)68(8,9)67(94)73-50(33-41(3)4)61(88)78(13)54(65(92)81-30-19-18-20-31-81)38-56(84)77(12)52(34-42(5)6)60(87)74-58(43(7)17-2)66(93)76(11)40-57(85)82-32-29-51(82)64(91)79(14)53(37-44-25-27-46(69)28-26-44)63(90)75(10)39-55(83)71-49(59(86)72-48)36-45-23-21-24-47(70)35-45/h1,41-54,58H,17-40H2,2-15H3,(H,71,83)(H,72,86)(H,73,94)(H,74,87)/t43-,44?,45?,46?,47?,48-,49-,50-,51-,52-,53-,54-,58-/m0/s1. The number of carbonyl (C=O) groups excluding carboxylic acids is 12. The zero-order chi connectivity index (χ0) is 70.2. The van der Waals surface area contributed by atoms with Gasteiger partial charge in [0.15, 0.2) is 0 Å². The summed E-state index contributed by atoms with van der Waals surface area (Å²) in [6.07, 6.45) is 12.2. The van der Waals surface area contributed by atoms with Gasteiger partial charge in [-0.3, -0.25) is 57.5 Å². The van der Waals surface area contributed by atoms with Gasteiger partial charge < -0.3 is 60.5 Å². The van der Waals surface area contributed by atoms with Gasteiger partial charge in [-0.25, -0.2) is 4.39 Å². The molecular formula is C68H110FIN12O12. The number of nitrogens with one attached hydrogen (secondary N) is 4. The van der Waals surface area contributed by atoms with E-state index in [1.165, 1.54) is 85.5 Å². The number of carbonyl (C=O) groups is 12. The van der Waals surface area contributed by atoms with Crippen LogP contribution in [0.4, 0.5) is 4.39 Å². The summed E-state index contributed by atoms with van der Waals surface area (Å²) < 4.78 is 14.8. The molecule has 0 aromatic carbocycles. The first-order valence-electron chi connectivity index (χ1n) is 34.2. The monoisotopic (exact) mass is 1430 g/mol. The summed E-state index contributed by atoms with van der Waals surface area (Å²) in [7, 11) is 8.48. The van der Waals surface area contributed by atoms with Gasteiger partial charge in [0, 0.05) is 72.3 Å². The fourth-order valence-corrected chi connectivity index (χ4v) is 14.7. The number of fused-ring (bicyclic) bond motifs is 1. The average molecular weight is 1430 g/mol. The summed E-state index contributed by atoms with van der Waals surface area (Å²) in [5.74, 6) is -6.41. The van der Waals surface area contributed by atoms with Crippen LogP contribution in [0.15, 0.2) is 0 Å². The molecule has 26 heteroatoms. The summed E-state index contributed by atoms with van der Waals surface area (Å²) in [6, 6.07) is -9.88. The van der Waals surface area contributed by atoms with Crippen molar-refractivity contribution in [2.45, 2.75) is 241 Å².